The van der Waals surface area contributed by atoms with Gasteiger partial charge in [-0.05, 0) is 48.4 Å². The van der Waals surface area contributed by atoms with Crippen LogP contribution in [0.4, 0.5) is 0 Å². The van der Waals surface area contributed by atoms with Crippen LogP contribution < -0.4 is 14.8 Å². The molecule has 0 amide bonds. The summed E-state index contributed by atoms with van der Waals surface area (Å²) in [5.74, 6) is 1.62. The summed E-state index contributed by atoms with van der Waals surface area (Å²) in [6.07, 6.45) is 4.50. The van der Waals surface area contributed by atoms with E-state index in [2.05, 4.69) is 29.0 Å². The molecule has 0 unspecified atom stereocenters. The summed E-state index contributed by atoms with van der Waals surface area (Å²) in [6.45, 7) is 6.53. The van der Waals surface area contributed by atoms with Gasteiger partial charge in [-0.15, -0.1) is 12.4 Å². The van der Waals surface area contributed by atoms with Crippen molar-refractivity contribution in [2.45, 2.75) is 19.6 Å². The van der Waals surface area contributed by atoms with Crippen LogP contribution in [-0.2, 0) is 19.6 Å². The Morgan fingerprint density at radius 1 is 1.13 bits per heavy atom. The van der Waals surface area contributed by atoms with Crippen LogP contribution >= 0.6 is 12.4 Å². The number of nitrogens with one attached hydrogen (secondary N) is 1. The molecule has 0 atom stereocenters. The van der Waals surface area contributed by atoms with E-state index in [1.165, 1.54) is 11.1 Å². The average molecular weight is 333 g/mol. The maximum absolute atomic E-state index is 5.83. The Balaban J connectivity index is 0.00000192. The van der Waals surface area contributed by atoms with Crippen LogP contribution in [0, 0.1) is 0 Å². The monoisotopic (exact) mass is 332 g/mol. The highest BCUT2D eigenvalue weighted by Gasteiger charge is 2.09. The first-order valence-electron chi connectivity index (χ1n) is 7.49. The topological polar surface area (TPSA) is 43.4 Å². The van der Waals surface area contributed by atoms with E-state index in [-0.39, 0.29) is 12.4 Å². The molecule has 2 heterocycles. The molecule has 0 spiro atoms. The zero-order chi connectivity index (χ0) is 15.2. The standard InChI is InChI=1S/C18H20N2O2.ClH/c1-2-9-21-18-6-4-16(20-12-18)13-22-17-5-3-14-7-8-19-11-15(14)10-17;/h2-6,10,12,19H,1,7-9,11,13H2;1H. The van der Waals surface area contributed by atoms with Gasteiger partial charge in [0, 0.05) is 6.54 Å². The van der Waals surface area contributed by atoms with E-state index in [4.69, 9.17) is 9.47 Å². The molecule has 4 nitrogen and oxygen atoms in total. The van der Waals surface area contributed by atoms with Gasteiger partial charge in [0.2, 0.25) is 0 Å². The maximum Gasteiger partial charge on any atom is 0.138 e. The minimum atomic E-state index is 0. The molecule has 23 heavy (non-hydrogen) atoms. The van der Waals surface area contributed by atoms with Crippen molar-refractivity contribution in [1.82, 2.24) is 10.3 Å². The number of fused-ring (bicyclic) bond motifs is 1. The van der Waals surface area contributed by atoms with E-state index >= 15 is 0 Å². The summed E-state index contributed by atoms with van der Waals surface area (Å²) >= 11 is 0. The molecule has 1 aliphatic rings. The van der Waals surface area contributed by atoms with E-state index in [9.17, 15) is 0 Å². The highest BCUT2D eigenvalue weighted by Crippen LogP contribution is 2.21. The Hall–Kier alpha value is -2.04. The number of ether oxygens (including phenoxy) is 2. The largest absolute Gasteiger partial charge is 0.488 e. The Morgan fingerprint density at radius 2 is 2.00 bits per heavy atom. The molecular formula is C18H21ClN2O2. The molecule has 1 aliphatic heterocycles. The van der Waals surface area contributed by atoms with Gasteiger partial charge in [0.25, 0.3) is 0 Å². The summed E-state index contributed by atoms with van der Waals surface area (Å²) in [7, 11) is 0. The predicted molar refractivity (Wildman–Crippen MR) is 93.4 cm³/mol. The number of rotatable bonds is 6. The maximum atomic E-state index is 5.83. The van der Waals surface area contributed by atoms with Crippen molar-refractivity contribution in [3.8, 4) is 11.5 Å². The first kappa shape index (κ1) is 17.3. The molecule has 0 bridgehead atoms. The van der Waals surface area contributed by atoms with Crippen molar-refractivity contribution in [3.63, 3.8) is 0 Å². The zero-order valence-corrected chi connectivity index (χ0v) is 13.8. The van der Waals surface area contributed by atoms with Gasteiger partial charge in [-0.3, -0.25) is 4.98 Å². The van der Waals surface area contributed by atoms with Crippen molar-refractivity contribution >= 4 is 12.4 Å². The Morgan fingerprint density at radius 3 is 2.78 bits per heavy atom. The number of nitrogens with zero attached hydrogens (tertiary/aromatic N) is 1. The van der Waals surface area contributed by atoms with Crippen molar-refractivity contribution in [3.05, 3.63) is 66.0 Å². The zero-order valence-electron chi connectivity index (χ0n) is 13.0. The molecule has 5 heteroatoms. The lowest BCUT2D eigenvalue weighted by atomic mass is 10.0. The van der Waals surface area contributed by atoms with Gasteiger partial charge >= 0.3 is 0 Å². The molecule has 1 aromatic carbocycles. The lowest BCUT2D eigenvalue weighted by molar-refractivity contribution is 0.299. The van der Waals surface area contributed by atoms with Gasteiger partial charge in [-0.2, -0.15) is 0 Å². The van der Waals surface area contributed by atoms with Crippen molar-refractivity contribution in [2.75, 3.05) is 13.2 Å². The second kappa shape index (κ2) is 8.56. The molecule has 0 radical (unpaired) electrons. The number of halogens is 1. The molecule has 0 saturated heterocycles. The van der Waals surface area contributed by atoms with Crippen LogP contribution in [-0.4, -0.2) is 18.1 Å². The van der Waals surface area contributed by atoms with Crippen LogP contribution in [0.25, 0.3) is 0 Å². The van der Waals surface area contributed by atoms with E-state index in [1.807, 2.05) is 18.2 Å². The third-order valence-electron chi connectivity index (χ3n) is 3.62. The van der Waals surface area contributed by atoms with E-state index in [0.717, 1.165) is 36.7 Å². The van der Waals surface area contributed by atoms with E-state index < -0.39 is 0 Å². The fourth-order valence-electron chi connectivity index (χ4n) is 2.44. The highest BCUT2D eigenvalue weighted by molar-refractivity contribution is 5.85. The quantitative estimate of drug-likeness (QED) is 0.824. The minimum absolute atomic E-state index is 0. The number of aromatic nitrogens is 1. The minimum Gasteiger partial charge on any atom is -0.488 e. The van der Waals surface area contributed by atoms with Gasteiger partial charge in [0.15, 0.2) is 0 Å². The SMILES string of the molecule is C=CCOc1ccc(COc2ccc3c(c2)CNCC3)nc1.Cl. The van der Waals surface area contributed by atoms with Gasteiger partial charge < -0.3 is 14.8 Å². The molecule has 2 aromatic rings. The van der Waals surface area contributed by atoms with Crippen LogP contribution in [0.1, 0.15) is 16.8 Å². The second-order valence-electron chi connectivity index (χ2n) is 5.23. The third kappa shape index (κ3) is 4.71. The van der Waals surface area contributed by atoms with E-state index in [1.54, 1.807) is 12.3 Å². The smallest absolute Gasteiger partial charge is 0.138 e. The molecule has 3 rings (SSSR count). The molecule has 0 aliphatic carbocycles. The fourth-order valence-corrected chi connectivity index (χ4v) is 2.44. The first-order valence-corrected chi connectivity index (χ1v) is 7.49. The summed E-state index contributed by atoms with van der Waals surface area (Å²) in [5.41, 5.74) is 3.61. The number of hydrogen-bond acceptors (Lipinski definition) is 4. The van der Waals surface area contributed by atoms with Crippen LogP contribution in [0.2, 0.25) is 0 Å². The van der Waals surface area contributed by atoms with Crippen molar-refractivity contribution < 1.29 is 9.47 Å². The first-order chi connectivity index (χ1) is 10.8. The molecule has 1 N–H and O–H groups in total. The molecule has 122 valence electrons. The van der Waals surface area contributed by atoms with Crippen LogP contribution in [0.3, 0.4) is 0 Å². The normalized spacial score (nSPS) is 12.7. The lowest BCUT2D eigenvalue weighted by Crippen LogP contribution is -2.23. The van der Waals surface area contributed by atoms with Crippen LogP contribution in [0.15, 0.2) is 49.2 Å². The highest BCUT2D eigenvalue weighted by atomic mass is 35.5. The lowest BCUT2D eigenvalue weighted by Gasteiger charge is -2.18. The predicted octanol–water partition coefficient (Wildman–Crippen LogP) is 3.29. The molecular weight excluding hydrogens is 312 g/mol. The summed E-state index contributed by atoms with van der Waals surface area (Å²) in [6, 6.07) is 10.1. The molecule has 0 saturated carbocycles. The molecule has 1 aromatic heterocycles. The Kier molecular flexibility index (Phi) is 6.44. The van der Waals surface area contributed by atoms with Crippen molar-refractivity contribution in [1.29, 1.82) is 0 Å². The molecule has 0 fully saturated rings. The van der Waals surface area contributed by atoms with Crippen LogP contribution in [0.5, 0.6) is 11.5 Å². The van der Waals surface area contributed by atoms with Gasteiger partial charge in [-0.1, -0.05) is 18.7 Å². The number of benzene rings is 1. The summed E-state index contributed by atoms with van der Waals surface area (Å²) < 4.78 is 11.2. The second-order valence-corrected chi connectivity index (χ2v) is 5.23. The van der Waals surface area contributed by atoms with Gasteiger partial charge in [0.1, 0.15) is 24.7 Å². The summed E-state index contributed by atoms with van der Waals surface area (Å²) in [5, 5.41) is 3.38. The Labute approximate surface area is 142 Å². The van der Waals surface area contributed by atoms with Gasteiger partial charge in [-0.25, -0.2) is 0 Å². The summed E-state index contributed by atoms with van der Waals surface area (Å²) in [4.78, 5) is 4.34. The third-order valence-corrected chi connectivity index (χ3v) is 3.62. The Bertz CT molecular complexity index is 644. The van der Waals surface area contributed by atoms with E-state index in [0.29, 0.717) is 13.2 Å². The fraction of sp³-hybridized carbons (Fsp3) is 0.278. The van der Waals surface area contributed by atoms with Gasteiger partial charge in [0.05, 0.1) is 11.9 Å². The average Bonchev–Trinajstić information content (AvgIpc) is 2.59. The number of pyridine rings is 1. The van der Waals surface area contributed by atoms with Crippen molar-refractivity contribution in [2.24, 2.45) is 0 Å². The number of hydrogen-bond donors (Lipinski definition) is 1.